The molecule has 0 saturated carbocycles. The molecule has 2 aromatic rings. The fourth-order valence-electron chi connectivity index (χ4n) is 1.77. The summed E-state index contributed by atoms with van der Waals surface area (Å²) in [4.78, 5) is 12.0. The summed E-state index contributed by atoms with van der Waals surface area (Å²) in [5, 5.41) is 2.60. The number of para-hydroxylation sites is 2. The van der Waals surface area contributed by atoms with Gasteiger partial charge in [-0.25, -0.2) is 4.39 Å². The van der Waals surface area contributed by atoms with E-state index in [1.807, 2.05) is 6.07 Å². The third kappa shape index (κ3) is 3.95. The van der Waals surface area contributed by atoms with Gasteiger partial charge in [0, 0.05) is 5.69 Å². The zero-order valence-corrected chi connectivity index (χ0v) is 11.8. The Morgan fingerprint density at radius 3 is 2.52 bits per heavy atom. The number of benzene rings is 2. The zero-order valence-electron chi connectivity index (χ0n) is 11.8. The van der Waals surface area contributed by atoms with Gasteiger partial charge in [-0.3, -0.25) is 4.79 Å². The number of hydrogen-bond acceptors (Lipinski definition) is 3. The molecule has 1 N–H and O–H groups in total. The van der Waals surface area contributed by atoms with E-state index >= 15 is 0 Å². The molecule has 5 heteroatoms. The van der Waals surface area contributed by atoms with Gasteiger partial charge >= 0.3 is 0 Å². The lowest BCUT2D eigenvalue weighted by Crippen LogP contribution is -2.30. The van der Waals surface area contributed by atoms with Crippen molar-refractivity contribution < 1.29 is 18.7 Å². The van der Waals surface area contributed by atoms with Crippen molar-refractivity contribution in [3.05, 3.63) is 54.3 Å². The van der Waals surface area contributed by atoms with E-state index in [0.29, 0.717) is 17.2 Å². The van der Waals surface area contributed by atoms with Crippen molar-refractivity contribution >= 4 is 11.6 Å². The van der Waals surface area contributed by atoms with Crippen LogP contribution in [0.15, 0.2) is 48.5 Å². The number of carbonyl (C=O) groups is 1. The molecule has 0 radical (unpaired) electrons. The minimum Gasteiger partial charge on any atom is -0.493 e. The van der Waals surface area contributed by atoms with Crippen LogP contribution in [0.2, 0.25) is 0 Å². The summed E-state index contributed by atoms with van der Waals surface area (Å²) in [6.45, 7) is 1.61. The van der Waals surface area contributed by atoms with Crippen LogP contribution in [0.25, 0.3) is 0 Å². The summed E-state index contributed by atoms with van der Waals surface area (Å²) in [6.07, 6.45) is -0.746. The maximum Gasteiger partial charge on any atom is 0.265 e. The Balaban J connectivity index is 2.02. The summed E-state index contributed by atoms with van der Waals surface area (Å²) < 4.78 is 23.8. The Kier molecular flexibility index (Phi) is 4.77. The molecule has 0 aliphatic rings. The number of methoxy groups -OCH3 is 1. The molecule has 2 rings (SSSR count). The standard InChI is InChI=1S/C16H16FNO3/c1-11(21-15-9-4-3-8-14(15)20-2)16(19)18-13-7-5-6-12(17)10-13/h3-11H,1-2H3,(H,18,19). The maximum atomic E-state index is 13.1. The van der Waals surface area contributed by atoms with Crippen LogP contribution in [0.1, 0.15) is 6.92 Å². The average molecular weight is 289 g/mol. The van der Waals surface area contributed by atoms with Gasteiger partial charge in [-0.05, 0) is 37.3 Å². The molecule has 1 atom stereocenters. The van der Waals surface area contributed by atoms with E-state index in [2.05, 4.69) is 5.32 Å². The molecule has 0 fully saturated rings. The molecule has 21 heavy (non-hydrogen) atoms. The molecule has 1 unspecified atom stereocenters. The normalized spacial score (nSPS) is 11.6. The lowest BCUT2D eigenvalue weighted by Gasteiger charge is -2.16. The lowest BCUT2D eigenvalue weighted by atomic mass is 10.2. The van der Waals surface area contributed by atoms with Gasteiger partial charge < -0.3 is 14.8 Å². The molecule has 110 valence electrons. The second-order valence-electron chi connectivity index (χ2n) is 4.41. The van der Waals surface area contributed by atoms with Crippen LogP contribution in [-0.4, -0.2) is 19.1 Å². The smallest absolute Gasteiger partial charge is 0.265 e. The summed E-state index contributed by atoms with van der Waals surface area (Å²) >= 11 is 0. The lowest BCUT2D eigenvalue weighted by molar-refractivity contribution is -0.122. The van der Waals surface area contributed by atoms with E-state index in [9.17, 15) is 9.18 Å². The predicted octanol–water partition coefficient (Wildman–Crippen LogP) is 3.24. The zero-order chi connectivity index (χ0) is 15.2. The fraction of sp³-hybridized carbons (Fsp3) is 0.188. The molecule has 4 nitrogen and oxygen atoms in total. The van der Waals surface area contributed by atoms with Crippen molar-refractivity contribution in [2.24, 2.45) is 0 Å². The minimum absolute atomic E-state index is 0.369. The minimum atomic E-state index is -0.746. The number of carbonyl (C=O) groups excluding carboxylic acids is 1. The van der Waals surface area contributed by atoms with Gasteiger partial charge in [0.15, 0.2) is 17.6 Å². The first-order valence-electron chi connectivity index (χ1n) is 6.46. The van der Waals surface area contributed by atoms with Crippen molar-refractivity contribution in [2.75, 3.05) is 12.4 Å². The molecule has 0 saturated heterocycles. The third-order valence-corrected chi connectivity index (χ3v) is 2.83. The highest BCUT2D eigenvalue weighted by molar-refractivity contribution is 5.94. The number of anilines is 1. The molecular formula is C16H16FNO3. The molecule has 0 heterocycles. The second kappa shape index (κ2) is 6.74. The van der Waals surface area contributed by atoms with Gasteiger partial charge in [0.2, 0.25) is 0 Å². The van der Waals surface area contributed by atoms with E-state index in [1.165, 1.54) is 25.3 Å². The number of hydrogen-bond donors (Lipinski definition) is 1. The molecule has 0 aromatic heterocycles. The highest BCUT2D eigenvalue weighted by Gasteiger charge is 2.16. The van der Waals surface area contributed by atoms with Crippen molar-refractivity contribution in [1.29, 1.82) is 0 Å². The summed E-state index contributed by atoms with van der Waals surface area (Å²) in [5.74, 6) is 0.238. The van der Waals surface area contributed by atoms with Gasteiger partial charge in [-0.2, -0.15) is 0 Å². The first-order chi connectivity index (χ1) is 10.1. The maximum absolute atomic E-state index is 13.1. The average Bonchev–Trinajstić information content (AvgIpc) is 2.47. The highest BCUT2D eigenvalue weighted by Crippen LogP contribution is 2.27. The van der Waals surface area contributed by atoms with Gasteiger partial charge in [-0.1, -0.05) is 18.2 Å². The number of amides is 1. The third-order valence-electron chi connectivity index (χ3n) is 2.83. The SMILES string of the molecule is COc1ccccc1OC(C)C(=O)Nc1cccc(F)c1. The van der Waals surface area contributed by atoms with Crippen LogP contribution in [-0.2, 0) is 4.79 Å². The van der Waals surface area contributed by atoms with Gasteiger partial charge in [0.1, 0.15) is 5.82 Å². The number of nitrogens with one attached hydrogen (secondary N) is 1. The van der Waals surface area contributed by atoms with Crippen LogP contribution >= 0.6 is 0 Å². The quantitative estimate of drug-likeness (QED) is 0.919. The van der Waals surface area contributed by atoms with Crippen molar-refractivity contribution in [3.8, 4) is 11.5 Å². The Morgan fingerprint density at radius 1 is 1.14 bits per heavy atom. The first kappa shape index (κ1) is 14.8. The summed E-state index contributed by atoms with van der Waals surface area (Å²) in [6, 6.07) is 12.7. The van der Waals surface area contributed by atoms with E-state index in [0.717, 1.165) is 0 Å². The molecule has 1 amide bonds. The fourth-order valence-corrected chi connectivity index (χ4v) is 1.77. The van der Waals surface area contributed by atoms with Gasteiger partial charge in [0.25, 0.3) is 5.91 Å². The van der Waals surface area contributed by atoms with Crippen LogP contribution in [0, 0.1) is 5.82 Å². The van der Waals surface area contributed by atoms with Crippen molar-refractivity contribution in [1.82, 2.24) is 0 Å². The molecule has 0 aliphatic carbocycles. The highest BCUT2D eigenvalue weighted by atomic mass is 19.1. The van der Waals surface area contributed by atoms with E-state index in [-0.39, 0.29) is 5.91 Å². The Labute approximate surface area is 122 Å². The van der Waals surface area contributed by atoms with Crippen molar-refractivity contribution in [2.45, 2.75) is 13.0 Å². The summed E-state index contributed by atoms with van der Waals surface area (Å²) in [5.41, 5.74) is 0.385. The first-order valence-corrected chi connectivity index (χ1v) is 6.46. The molecule has 0 bridgehead atoms. The molecule has 2 aromatic carbocycles. The van der Waals surface area contributed by atoms with E-state index in [4.69, 9.17) is 9.47 Å². The van der Waals surface area contributed by atoms with Crippen LogP contribution < -0.4 is 14.8 Å². The number of ether oxygens (including phenoxy) is 2. The Morgan fingerprint density at radius 2 is 1.86 bits per heavy atom. The Hall–Kier alpha value is -2.56. The van der Waals surface area contributed by atoms with Crippen LogP contribution in [0.5, 0.6) is 11.5 Å². The summed E-state index contributed by atoms with van der Waals surface area (Å²) in [7, 11) is 1.53. The van der Waals surface area contributed by atoms with Crippen molar-refractivity contribution in [3.63, 3.8) is 0 Å². The van der Waals surface area contributed by atoms with Crippen LogP contribution in [0.4, 0.5) is 10.1 Å². The second-order valence-corrected chi connectivity index (χ2v) is 4.41. The van der Waals surface area contributed by atoms with Crippen LogP contribution in [0.3, 0.4) is 0 Å². The monoisotopic (exact) mass is 289 g/mol. The van der Waals surface area contributed by atoms with Gasteiger partial charge in [0.05, 0.1) is 7.11 Å². The Bertz CT molecular complexity index is 630. The number of halogens is 1. The predicted molar refractivity (Wildman–Crippen MR) is 78.1 cm³/mol. The van der Waals surface area contributed by atoms with E-state index in [1.54, 1.807) is 31.2 Å². The largest absolute Gasteiger partial charge is 0.493 e. The topological polar surface area (TPSA) is 47.6 Å². The van der Waals surface area contributed by atoms with Gasteiger partial charge in [-0.15, -0.1) is 0 Å². The van der Waals surface area contributed by atoms with E-state index < -0.39 is 11.9 Å². The molecular weight excluding hydrogens is 273 g/mol. The molecule has 0 spiro atoms. The number of rotatable bonds is 5. The molecule has 0 aliphatic heterocycles.